The minimum absolute atomic E-state index is 0.806. The van der Waals surface area contributed by atoms with Gasteiger partial charge in [-0.3, -0.25) is 5.43 Å². The molecular formula is C18H17N3S. The van der Waals surface area contributed by atoms with Crippen LogP contribution in [0.2, 0.25) is 0 Å². The van der Waals surface area contributed by atoms with Crippen molar-refractivity contribution >= 4 is 22.2 Å². The Bertz CT molecular complexity index is 748. The molecule has 1 aromatic heterocycles. The Kier molecular flexibility index (Phi) is 4.61. The summed E-state index contributed by atoms with van der Waals surface area (Å²) < 4.78 is 0. The lowest BCUT2D eigenvalue weighted by Gasteiger charge is -2.03. The van der Waals surface area contributed by atoms with Crippen LogP contribution in [0.4, 0.5) is 5.13 Å². The van der Waals surface area contributed by atoms with Crippen LogP contribution in [-0.4, -0.2) is 10.7 Å². The quantitative estimate of drug-likeness (QED) is 0.530. The third-order valence-corrected chi connectivity index (χ3v) is 4.05. The lowest BCUT2D eigenvalue weighted by molar-refractivity contribution is 1.21. The Balaban J connectivity index is 1.76. The number of thiazole rings is 1. The third kappa shape index (κ3) is 3.40. The molecule has 0 spiro atoms. The number of hydrogen-bond donors (Lipinski definition) is 1. The summed E-state index contributed by atoms with van der Waals surface area (Å²) >= 11 is 1.56. The van der Waals surface area contributed by atoms with E-state index >= 15 is 0 Å². The number of anilines is 1. The molecule has 4 heteroatoms. The minimum atomic E-state index is 0.806. The number of hydrazone groups is 1. The zero-order chi connectivity index (χ0) is 15.2. The predicted octanol–water partition coefficient (Wildman–Crippen LogP) is 5.04. The van der Waals surface area contributed by atoms with Crippen molar-refractivity contribution < 1.29 is 0 Å². The summed E-state index contributed by atoms with van der Waals surface area (Å²) in [5.41, 5.74) is 7.33. The highest BCUT2D eigenvalue weighted by molar-refractivity contribution is 7.14. The molecule has 3 rings (SSSR count). The summed E-state index contributed by atoms with van der Waals surface area (Å²) in [6.45, 7) is 2.10. The Morgan fingerprint density at radius 3 is 2.41 bits per heavy atom. The lowest BCUT2D eigenvalue weighted by Crippen LogP contribution is -2.02. The van der Waals surface area contributed by atoms with Gasteiger partial charge in [-0.25, -0.2) is 4.98 Å². The van der Waals surface area contributed by atoms with Crippen LogP contribution in [0.1, 0.15) is 18.9 Å². The van der Waals surface area contributed by atoms with Crippen molar-refractivity contribution in [3.8, 4) is 11.3 Å². The molecule has 0 aliphatic rings. The second-order valence-electron chi connectivity index (χ2n) is 4.79. The molecule has 0 fully saturated rings. The van der Waals surface area contributed by atoms with E-state index in [1.807, 2.05) is 41.8 Å². The Labute approximate surface area is 134 Å². The maximum atomic E-state index is 4.58. The van der Waals surface area contributed by atoms with Crippen LogP contribution in [0.5, 0.6) is 0 Å². The fourth-order valence-corrected chi connectivity index (χ4v) is 2.82. The lowest BCUT2D eigenvalue weighted by atomic mass is 10.1. The number of hydrogen-bond acceptors (Lipinski definition) is 4. The van der Waals surface area contributed by atoms with E-state index in [0.717, 1.165) is 34.1 Å². The van der Waals surface area contributed by atoms with Gasteiger partial charge in [0.15, 0.2) is 0 Å². The number of aromatic nitrogens is 1. The van der Waals surface area contributed by atoms with Gasteiger partial charge >= 0.3 is 0 Å². The van der Waals surface area contributed by atoms with E-state index in [1.165, 1.54) is 0 Å². The third-order valence-electron chi connectivity index (χ3n) is 3.30. The molecule has 0 saturated heterocycles. The van der Waals surface area contributed by atoms with Gasteiger partial charge < -0.3 is 0 Å². The van der Waals surface area contributed by atoms with E-state index in [0.29, 0.717) is 0 Å². The first-order chi connectivity index (χ1) is 10.9. The maximum absolute atomic E-state index is 4.58. The van der Waals surface area contributed by atoms with Crippen molar-refractivity contribution in [2.24, 2.45) is 5.10 Å². The smallest absolute Gasteiger partial charge is 0.203 e. The largest absolute Gasteiger partial charge is 0.252 e. The van der Waals surface area contributed by atoms with Gasteiger partial charge in [0, 0.05) is 10.9 Å². The minimum Gasteiger partial charge on any atom is -0.252 e. The fraction of sp³-hybridized carbons (Fsp3) is 0.111. The molecule has 0 radical (unpaired) electrons. The summed E-state index contributed by atoms with van der Waals surface area (Å²) in [5, 5.41) is 7.35. The highest BCUT2D eigenvalue weighted by Crippen LogP contribution is 2.24. The number of nitrogens with one attached hydrogen (secondary N) is 1. The van der Waals surface area contributed by atoms with E-state index in [-0.39, 0.29) is 0 Å². The highest BCUT2D eigenvalue weighted by atomic mass is 32.1. The van der Waals surface area contributed by atoms with Gasteiger partial charge in [-0.05, 0) is 12.0 Å². The molecule has 110 valence electrons. The number of nitrogens with zero attached hydrogens (tertiary/aromatic N) is 2. The van der Waals surface area contributed by atoms with E-state index < -0.39 is 0 Å². The van der Waals surface area contributed by atoms with Crippen molar-refractivity contribution in [3.63, 3.8) is 0 Å². The van der Waals surface area contributed by atoms with Crippen LogP contribution in [-0.2, 0) is 0 Å². The van der Waals surface area contributed by atoms with E-state index in [2.05, 4.69) is 46.7 Å². The van der Waals surface area contributed by atoms with Crippen LogP contribution in [0.25, 0.3) is 11.3 Å². The highest BCUT2D eigenvalue weighted by Gasteiger charge is 2.04. The first-order valence-corrected chi connectivity index (χ1v) is 8.13. The summed E-state index contributed by atoms with van der Waals surface area (Å²) in [7, 11) is 0. The van der Waals surface area contributed by atoms with E-state index in [4.69, 9.17) is 0 Å². The molecule has 3 nitrogen and oxygen atoms in total. The molecule has 1 heterocycles. The van der Waals surface area contributed by atoms with Crippen LogP contribution < -0.4 is 5.43 Å². The standard InChI is InChI=1S/C18H17N3S/c1-2-16(14-9-5-3-6-10-14)20-21-18-19-17(13-22-18)15-11-7-4-8-12-15/h3-13H,2H2,1H3,(H,19,21)/b20-16+. The average Bonchev–Trinajstić information content (AvgIpc) is 3.06. The Hall–Kier alpha value is -2.46. The van der Waals surface area contributed by atoms with Gasteiger partial charge in [-0.1, -0.05) is 67.6 Å². The summed E-state index contributed by atoms with van der Waals surface area (Å²) in [6, 6.07) is 20.4. The van der Waals surface area contributed by atoms with Crippen LogP contribution in [0, 0.1) is 0 Å². The molecule has 0 amide bonds. The molecule has 3 aromatic rings. The molecule has 1 N–H and O–H groups in total. The molecule has 0 unspecified atom stereocenters. The summed E-state index contributed by atoms with van der Waals surface area (Å²) in [5.74, 6) is 0. The van der Waals surface area contributed by atoms with E-state index in [1.54, 1.807) is 11.3 Å². The first kappa shape index (κ1) is 14.5. The predicted molar refractivity (Wildman–Crippen MR) is 94.4 cm³/mol. The van der Waals surface area contributed by atoms with Crippen molar-refractivity contribution in [2.75, 3.05) is 5.43 Å². The zero-order valence-electron chi connectivity index (χ0n) is 12.4. The SMILES string of the molecule is CC/C(=N\Nc1nc(-c2ccccc2)cs1)c1ccccc1. The average molecular weight is 307 g/mol. The zero-order valence-corrected chi connectivity index (χ0v) is 13.2. The molecule has 0 bridgehead atoms. The first-order valence-electron chi connectivity index (χ1n) is 7.25. The molecule has 0 aliphatic heterocycles. The van der Waals surface area contributed by atoms with Gasteiger partial charge in [-0.15, -0.1) is 11.3 Å². The molecule has 2 aromatic carbocycles. The summed E-state index contributed by atoms with van der Waals surface area (Å²) in [6.07, 6.45) is 0.869. The van der Waals surface area contributed by atoms with Crippen molar-refractivity contribution in [1.29, 1.82) is 0 Å². The molecule has 22 heavy (non-hydrogen) atoms. The van der Waals surface area contributed by atoms with Crippen LogP contribution in [0.15, 0.2) is 71.1 Å². The number of benzene rings is 2. The fourth-order valence-electron chi connectivity index (χ4n) is 2.16. The van der Waals surface area contributed by atoms with Gasteiger partial charge in [0.25, 0.3) is 0 Å². The van der Waals surface area contributed by atoms with Gasteiger partial charge in [0.2, 0.25) is 5.13 Å². The summed E-state index contributed by atoms with van der Waals surface area (Å²) in [4.78, 5) is 4.58. The Morgan fingerprint density at radius 2 is 1.73 bits per heavy atom. The Morgan fingerprint density at radius 1 is 1.05 bits per heavy atom. The topological polar surface area (TPSA) is 37.3 Å². The van der Waals surface area contributed by atoms with Crippen LogP contribution >= 0.6 is 11.3 Å². The number of rotatable bonds is 5. The van der Waals surface area contributed by atoms with E-state index in [9.17, 15) is 0 Å². The maximum Gasteiger partial charge on any atom is 0.203 e. The van der Waals surface area contributed by atoms with Crippen molar-refractivity contribution in [3.05, 3.63) is 71.6 Å². The molecule has 0 atom stereocenters. The van der Waals surface area contributed by atoms with Gasteiger partial charge in [-0.2, -0.15) is 5.10 Å². The molecular weight excluding hydrogens is 290 g/mol. The van der Waals surface area contributed by atoms with Gasteiger partial charge in [0.05, 0.1) is 11.4 Å². The van der Waals surface area contributed by atoms with Crippen molar-refractivity contribution in [2.45, 2.75) is 13.3 Å². The second kappa shape index (κ2) is 7.00. The normalized spacial score (nSPS) is 11.4. The second-order valence-corrected chi connectivity index (χ2v) is 5.65. The monoisotopic (exact) mass is 307 g/mol. The molecule has 0 saturated carbocycles. The van der Waals surface area contributed by atoms with Crippen LogP contribution in [0.3, 0.4) is 0 Å². The van der Waals surface area contributed by atoms with Crippen molar-refractivity contribution in [1.82, 2.24) is 4.98 Å². The molecule has 0 aliphatic carbocycles. The van der Waals surface area contributed by atoms with Gasteiger partial charge in [0.1, 0.15) is 0 Å².